The van der Waals surface area contributed by atoms with E-state index in [1.165, 1.54) is 11.8 Å². The molecule has 23 heavy (non-hydrogen) atoms. The van der Waals surface area contributed by atoms with Crippen LogP contribution in [0.15, 0.2) is 29.4 Å². The van der Waals surface area contributed by atoms with E-state index in [-0.39, 0.29) is 11.2 Å². The van der Waals surface area contributed by atoms with Crippen LogP contribution in [0.5, 0.6) is 5.75 Å². The first kappa shape index (κ1) is 15.8. The fourth-order valence-corrected chi connectivity index (χ4v) is 3.47. The Kier molecular flexibility index (Phi) is 5.12. The highest BCUT2D eigenvalue weighted by atomic mass is 32.2. The molecule has 1 fully saturated rings. The number of nitrogens with one attached hydrogen (secondary N) is 1. The van der Waals surface area contributed by atoms with Crippen LogP contribution >= 0.6 is 11.8 Å². The summed E-state index contributed by atoms with van der Waals surface area (Å²) in [5, 5.41) is 15.3. The number of aromatic nitrogens is 4. The van der Waals surface area contributed by atoms with Crippen LogP contribution < -0.4 is 10.1 Å². The van der Waals surface area contributed by atoms with Gasteiger partial charge in [0, 0.05) is 6.54 Å². The van der Waals surface area contributed by atoms with E-state index in [2.05, 4.69) is 20.8 Å². The monoisotopic (exact) mass is 333 g/mol. The molecule has 1 saturated heterocycles. The predicted molar refractivity (Wildman–Crippen MR) is 86.4 cm³/mol. The van der Waals surface area contributed by atoms with Gasteiger partial charge in [-0.3, -0.25) is 4.79 Å². The predicted octanol–water partition coefficient (Wildman–Crippen LogP) is 1.49. The quantitative estimate of drug-likeness (QED) is 0.893. The van der Waals surface area contributed by atoms with Gasteiger partial charge in [0.1, 0.15) is 5.75 Å². The Bertz CT molecular complexity index is 658. The molecule has 1 unspecified atom stereocenters. The Balaban J connectivity index is 1.69. The fraction of sp³-hybridized carbons (Fsp3) is 0.467. The van der Waals surface area contributed by atoms with Gasteiger partial charge in [-0.25, -0.2) is 4.68 Å². The standard InChI is InChI=1S/C15H19N5O2S/c1-22-12-7-5-11(6-8-12)10-20-15(17-18-19-20)23-13-4-2-3-9-16-14(13)21/h5-8,13H,2-4,9-10H2,1H3,(H,16,21). The number of ether oxygens (including phenoxy) is 1. The number of carbonyl (C=O) groups is 1. The second-order valence-corrected chi connectivity index (χ2v) is 6.53. The van der Waals surface area contributed by atoms with E-state index in [0.717, 1.165) is 37.1 Å². The Labute approximate surface area is 138 Å². The van der Waals surface area contributed by atoms with Gasteiger partial charge >= 0.3 is 0 Å². The van der Waals surface area contributed by atoms with Crippen molar-refractivity contribution in [2.75, 3.05) is 13.7 Å². The summed E-state index contributed by atoms with van der Waals surface area (Å²) in [6, 6.07) is 7.77. The second-order valence-electron chi connectivity index (χ2n) is 5.36. The minimum absolute atomic E-state index is 0.0755. The number of hydrogen-bond donors (Lipinski definition) is 1. The number of hydrogen-bond acceptors (Lipinski definition) is 6. The number of thioether (sulfide) groups is 1. The number of rotatable bonds is 5. The molecule has 7 nitrogen and oxygen atoms in total. The molecular weight excluding hydrogens is 314 g/mol. The zero-order chi connectivity index (χ0) is 16.1. The molecule has 1 aliphatic rings. The third-order valence-corrected chi connectivity index (χ3v) is 4.96. The molecule has 0 saturated carbocycles. The Morgan fingerprint density at radius 3 is 2.96 bits per heavy atom. The van der Waals surface area contributed by atoms with E-state index in [1.807, 2.05) is 24.3 Å². The number of nitrogens with zero attached hydrogens (tertiary/aromatic N) is 4. The van der Waals surface area contributed by atoms with E-state index in [1.54, 1.807) is 11.8 Å². The molecule has 2 heterocycles. The first-order valence-electron chi connectivity index (χ1n) is 7.60. The van der Waals surface area contributed by atoms with Gasteiger partial charge in [-0.15, -0.1) is 5.10 Å². The third-order valence-electron chi connectivity index (χ3n) is 3.72. The number of benzene rings is 1. The van der Waals surface area contributed by atoms with Gasteiger partial charge in [-0.05, 0) is 41.0 Å². The van der Waals surface area contributed by atoms with Gasteiger partial charge in [0.2, 0.25) is 11.1 Å². The molecule has 0 aliphatic carbocycles. The summed E-state index contributed by atoms with van der Waals surface area (Å²) >= 11 is 1.44. The number of amides is 1. The molecule has 1 aliphatic heterocycles. The molecule has 1 atom stereocenters. The Morgan fingerprint density at radius 1 is 1.35 bits per heavy atom. The molecule has 0 spiro atoms. The van der Waals surface area contributed by atoms with Crippen molar-refractivity contribution < 1.29 is 9.53 Å². The van der Waals surface area contributed by atoms with Crippen molar-refractivity contribution in [1.82, 2.24) is 25.5 Å². The highest BCUT2D eigenvalue weighted by Gasteiger charge is 2.24. The maximum atomic E-state index is 12.1. The summed E-state index contributed by atoms with van der Waals surface area (Å²) in [4.78, 5) is 12.1. The molecule has 0 bridgehead atoms. The molecule has 1 aromatic carbocycles. The summed E-state index contributed by atoms with van der Waals surface area (Å²) in [6.07, 6.45) is 2.92. The summed E-state index contributed by atoms with van der Waals surface area (Å²) in [7, 11) is 1.64. The van der Waals surface area contributed by atoms with Crippen LogP contribution in [0, 0.1) is 0 Å². The lowest BCUT2D eigenvalue weighted by Gasteiger charge is -2.12. The van der Waals surface area contributed by atoms with Crippen LogP contribution in [0.4, 0.5) is 0 Å². The van der Waals surface area contributed by atoms with Crippen LogP contribution in [-0.2, 0) is 11.3 Å². The van der Waals surface area contributed by atoms with E-state index in [0.29, 0.717) is 11.7 Å². The average molecular weight is 333 g/mol. The van der Waals surface area contributed by atoms with Crippen LogP contribution in [-0.4, -0.2) is 45.0 Å². The molecule has 1 N–H and O–H groups in total. The molecule has 2 aromatic rings. The average Bonchev–Trinajstić information content (AvgIpc) is 2.90. The van der Waals surface area contributed by atoms with E-state index in [9.17, 15) is 4.79 Å². The van der Waals surface area contributed by atoms with Crippen molar-refractivity contribution in [3.63, 3.8) is 0 Å². The molecule has 1 amide bonds. The summed E-state index contributed by atoms with van der Waals surface area (Å²) in [5.41, 5.74) is 1.07. The summed E-state index contributed by atoms with van der Waals surface area (Å²) < 4.78 is 6.88. The SMILES string of the molecule is COc1ccc(Cn2nnnc2SC2CCCCNC2=O)cc1. The van der Waals surface area contributed by atoms with Gasteiger partial charge < -0.3 is 10.1 Å². The number of carbonyl (C=O) groups excluding carboxylic acids is 1. The fourth-order valence-electron chi connectivity index (χ4n) is 2.43. The van der Waals surface area contributed by atoms with Crippen LogP contribution in [0.2, 0.25) is 0 Å². The second kappa shape index (κ2) is 7.45. The van der Waals surface area contributed by atoms with Crippen LogP contribution in [0.3, 0.4) is 0 Å². The Morgan fingerprint density at radius 2 is 2.17 bits per heavy atom. The lowest BCUT2D eigenvalue weighted by molar-refractivity contribution is -0.120. The molecule has 3 rings (SSSR count). The number of tetrazole rings is 1. The van der Waals surface area contributed by atoms with E-state index in [4.69, 9.17) is 4.74 Å². The highest BCUT2D eigenvalue weighted by molar-refractivity contribution is 8.00. The Hall–Kier alpha value is -2.09. The molecule has 1 aromatic heterocycles. The van der Waals surface area contributed by atoms with Crippen LogP contribution in [0.1, 0.15) is 24.8 Å². The van der Waals surface area contributed by atoms with Crippen molar-refractivity contribution in [2.24, 2.45) is 0 Å². The van der Waals surface area contributed by atoms with Gasteiger partial charge in [0.05, 0.1) is 18.9 Å². The molecule has 0 radical (unpaired) electrons. The highest BCUT2D eigenvalue weighted by Crippen LogP contribution is 2.26. The minimum Gasteiger partial charge on any atom is -0.497 e. The van der Waals surface area contributed by atoms with Gasteiger partial charge in [-0.1, -0.05) is 30.3 Å². The lowest BCUT2D eigenvalue weighted by atomic mass is 10.2. The number of methoxy groups -OCH3 is 1. The molecule has 8 heteroatoms. The van der Waals surface area contributed by atoms with Crippen molar-refractivity contribution in [3.05, 3.63) is 29.8 Å². The van der Waals surface area contributed by atoms with Crippen molar-refractivity contribution in [3.8, 4) is 5.75 Å². The van der Waals surface area contributed by atoms with Gasteiger partial charge in [0.15, 0.2) is 0 Å². The summed E-state index contributed by atoms with van der Waals surface area (Å²) in [5.74, 6) is 0.890. The normalized spacial score (nSPS) is 18.3. The van der Waals surface area contributed by atoms with Crippen molar-refractivity contribution >= 4 is 17.7 Å². The maximum absolute atomic E-state index is 12.1. The lowest BCUT2D eigenvalue weighted by Crippen LogP contribution is -2.30. The molecular formula is C15H19N5O2S. The summed E-state index contributed by atoms with van der Waals surface area (Å²) in [6.45, 7) is 1.32. The van der Waals surface area contributed by atoms with Crippen molar-refractivity contribution in [1.29, 1.82) is 0 Å². The topological polar surface area (TPSA) is 81.9 Å². The zero-order valence-corrected chi connectivity index (χ0v) is 13.8. The van der Waals surface area contributed by atoms with Crippen molar-refractivity contribution in [2.45, 2.75) is 36.2 Å². The zero-order valence-electron chi connectivity index (χ0n) is 12.9. The van der Waals surface area contributed by atoms with E-state index >= 15 is 0 Å². The first-order valence-corrected chi connectivity index (χ1v) is 8.47. The minimum atomic E-state index is -0.127. The smallest absolute Gasteiger partial charge is 0.233 e. The van der Waals surface area contributed by atoms with E-state index < -0.39 is 0 Å². The van der Waals surface area contributed by atoms with Crippen LogP contribution in [0.25, 0.3) is 0 Å². The molecule has 122 valence electrons. The van der Waals surface area contributed by atoms with Gasteiger partial charge in [-0.2, -0.15) is 0 Å². The maximum Gasteiger partial charge on any atom is 0.233 e. The third kappa shape index (κ3) is 4.01. The first-order chi connectivity index (χ1) is 11.3. The van der Waals surface area contributed by atoms with Gasteiger partial charge in [0.25, 0.3) is 0 Å². The largest absolute Gasteiger partial charge is 0.497 e.